The zero-order valence-electron chi connectivity index (χ0n) is 15.3. The summed E-state index contributed by atoms with van der Waals surface area (Å²) in [6.07, 6.45) is 5.77. The molecule has 0 radical (unpaired) electrons. The van der Waals surface area contributed by atoms with Gasteiger partial charge in [0.15, 0.2) is 0 Å². The third-order valence-corrected chi connectivity index (χ3v) is 5.84. The van der Waals surface area contributed by atoms with Gasteiger partial charge >= 0.3 is 5.97 Å². The SMILES string of the molecule is C=C1C(=O)O[C@@H]2[C@H]3O[C@]3(C)CCC=C(COCc3ccccc3)CC[C@@H]12. The quantitative estimate of drug-likeness (QED) is 0.355. The molecule has 2 fully saturated rings. The molecule has 2 heterocycles. The minimum Gasteiger partial charge on any atom is -0.455 e. The standard InChI is InChI=1S/C22H26O4/c1-15-18-11-10-17(14-24-13-16-7-4-3-5-8-16)9-6-12-22(2)20(26-22)19(18)25-21(15)23/h3-5,7-9,18-20H,1,6,10-14H2,2H3/t18-,19-,20+,22+/m0/s1. The topological polar surface area (TPSA) is 48.1 Å². The van der Waals surface area contributed by atoms with Gasteiger partial charge in [-0.2, -0.15) is 0 Å². The van der Waals surface area contributed by atoms with E-state index in [1.165, 1.54) is 11.1 Å². The van der Waals surface area contributed by atoms with E-state index in [0.29, 0.717) is 18.8 Å². The smallest absolute Gasteiger partial charge is 0.334 e. The summed E-state index contributed by atoms with van der Waals surface area (Å²) in [5.41, 5.74) is 2.88. The van der Waals surface area contributed by atoms with E-state index in [0.717, 1.165) is 25.7 Å². The van der Waals surface area contributed by atoms with Crippen molar-refractivity contribution in [2.45, 2.75) is 57.0 Å². The van der Waals surface area contributed by atoms with Gasteiger partial charge in [-0.05, 0) is 43.7 Å². The second kappa shape index (κ2) is 7.01. The lowest BCUT2D eigenvalue weighted by atomic mass is 9.84. The van der Waals surface area contributed by atoms with Crippen LogP contribution in [-0.2, 0) is 25.6 Å². The number of ether oxygens (including phenoxy) is 3. The number of allylic oxidation sites excluding steroid dienone is 1. The van der Waals surface area contributed by atoms with Crippen molar-refractivity contribution in [3.8, 4) is 0 Å². The van der Waals surface area contributed by atoms with Gasteiger partial charge in [-0.3, -0.25) is 0 Å². The number of rotatable bonds is 4. The van der Waals surface area contributed by atoms with Crippen LogP contribution in [-0.4, -0.2) is 30.4 Å². The molecule has 4 atom stereocenters. The fourth-order valence-corrected chi connectivity index (χ4v) is 4.13. The van der Waals surface area contributed by atoms with Gasteiger partial charge in [-0.15, -0.1) is 0 Å². The molecule has 3 aliphatic rings. The first-order chi connectivity index (χ1) is 12.6. The van der Waals surface area contributed by atoms with Gasteiger partial charge in [0.2, 0.25) is 0 Å². The van der Waals surface area contributed by atoms with Gasteiger partial charge < -0.3 is 14.2 Å². The molecule has 0 saturated carbocycles. The third-order valence-electron chi connectivity index (χ3n) is 5.84. The first-order valence-corrected chi connectivity index (χ1v) is 9.44. The monoisotopic (exact) mass is 354 g/mol. The number of carbonyl (C=O) groups excluding carboxylic acids is 1. The molecule has 0 bridgehead atoms. The molecule has 2 saturated heterocycles. The molecule has 1 aromatic carbocycles. The van der Waals surface area contributed by atoms with Crippen LogP contribution in [0.5, 0.6) is 0 Å². The van der Waals surface area contributed by atoms with Crippen molar-refractivity contribution in [1.29, 1.82) is 0 Å². The van der Waals surface area contributed by atoms with Crippen molar-refractivity contribution in [2.24, 2.45) is 5.92 Å². The lowest BCUT2D eigenvalue weighted by Crippen LogP contribution is -2.29. The van der Waals surface area contributed by atoms with E-state index < -0.39 is 0 Å². The predicted molar refractivity (Wildman–Crippen MR) is 98.4 cm³/mol. The van der Waals surface area contributed by atoms with Gasteiger partial charge in [-0.1, -0.05) is 43.0 Å². The Bertz CT molecular complexity index is 723. The summed E-state index contributed by atoms with van der Waals surface area (Å²) in [4.78, 5) is 12.0. The fourth-order valence-electron chi connectivity index (χ4n) is 4.13. The number of fused-ring (bicyclic) bond motifs is 3. The summed E-state index contributed by atoms with van der Waals surface area (Å²) >= 11 is 0. The third kappa shape index (κ3) is 3.49. The lowest BCUT2D eigenvalue weighted by Gasteiger charge is -2.20. The molecular weight excluding hydrogens is 328 g/mol. The van der Waals surface area contributed by atoms with Gasteiger partial charge in [0.05, 0.1) is 18.8 Å². The highest BCUT2D eigenvalue weighted by atomic mass is 16.6. The average molecular weight is 354 g/mol. The highest BCUT2D eigenvalue weighted by Gasteiger charge is 2.61. The van der Waals surface area contributed by atoms with Gasteiger partial charge in [0, 0.05) is 11.5 Å². The summed E-state index contributed by atoms with van der Waals surface area (Å²) < 4.78 is 17.5. The van der Waals surface area contributed by atoms with Crippen LogP contribution in [0.1, 0.15) is 38.2 Å². The summed E-state index contributed by atoms with van der Waals surface area (Å²) in [7, 11) is 0. The molecule has 0 aromatic heterocycles. The molecule has 4 rings (SSSR count). The van der Waals surface area contributed by atoms with E-state index in [1.54, 1.807) is 0 Å². The van der Waals surface area contributed by atoms with Crippen LogP contribution in [0.4, 0.5) is 0 Å². The molecule has 0 spiro atoms. The van der Waals surface area contributed by atoms with Crippen molar-refractivity contribution in [1.82, 2.24) is 0 Å². The molecule has 0 N–H and O–H groups in total. The number of hydrogen-bond acceptors (Lipinski definition) is 4. The first-order valence-electron chi connectivity index (χ1n) is 9.44. The Morgan fingerprint density at radius 3 is 2.88 bits per heavy atom. The van der Waals surface area contributed by atoms with Crippen LogP contribution in [0.3, 0.4) is 0 Å². The highest BCUT2D eigenvalue weighted by Crippen LogP contribution is 2.49. The van der Waals surface area contributed by atoms with E-state index in [4.69, 9.17) is 14.2 Å². The van der Waals surface area contributed by atoms with Crippen molar-refractivity contribution in [3.05, 3.63) is 59.7 Å². The lowest BCUT2D eigenvalue weighted by molar-refractivity contribution is -0.140. The normalized spacial score (nSPS) is 33.7. The Hall–Kier alpha value is -1.91. The Morgan fingerprint density at radius 1 is 1.27 bits per heavy atom. The van der Waals surface area contributed by atoms with Crippen LogP contribution in [0.15, 0.2) is 54.1 Å². The molecular formula is C22H26O4. The molecule has 0 amide bonds. The summed E-state index contributed by atoms with van der Waals surface area (Å²) in [6.45, 7) is 7.32. The minimum atomic E-state index is -0.261. The summed E-state index contributed by atoms with van der Waals surface area (Å²) in [5.74, 6) is -0.215. The van der Waals surface area contributed by atoms with E-state index in [-0.39, 0.29) is 29.7 Å². The number of carbonyl (C=O) groups is 1. The fraction of sp³-hybridized carbons (Fsp3) is 0.500. The number of hydrogen-bond donors (Lipinski definition) is 0. The van der Waals surface area contributed by atoms with Gasteiger partial charge in [0.25, 0.3) is 0 Å². The van der Waals surface area contributed by atoms with Crippen LogP contribution in [0.25, 0.3) is 0 Å². The maximum atomic E-state index is 12.0. The number of esters is 1. The van der Waals surface area contributed by atoms with E-state index >= 15 is 0 Å². The van der Waals surface area contributed by atoms with Crippen molar-refractivity contribution < 1.29 is 19.0 Å². The molecule has 4 nitrogen and oxygen atoms in total. The second-order valence-corrected chi connectivity index (χ2v) is 7.77. The Balaban J connectivity index is 1.41. The summed E-state index contributed by atoms with van der Waals surface area (Å²) in [6, 6.07) is 10.2. The Morgan fingerprint density at radius 2 is 2.08 bits per heavy atom. The van der Waals surface area contributed by atoms with E-state index in [1.807, 2.05) is 18.2 Å². The zero-order valence-corrected chi connectivity index (χ0v) is 15.3. The van der Waals surface area contributed by atoms with E-state index in [9.17, 15) is 4.79 Å². The molecule has 26 heavy (non-hydrogen) atoms. The largest absolute Gasteiger partial charge is 0.455 e. The molecule has 138 valence electrons. The highest BCUT2D eigenvalue weighted by molar-refractivity contribution is 5.91. The minimum absolute atomic E-state index is 0.0139. The molecule has 2 aliphatic heterocycles. The maximum absolute atomic E-state index is 12.0. The number of benzene rings is 1. The molecule has 1 aromatic rings. The van der Waals surface area contributed by atoms with Crippen LogP contribution in [0.2, 0.25) is 0 Å². The second-order valence-electron chi connectivity index (χ2n) is 7.77. The van der Waals surface area contributed by atoms with E-state index in [2.05, 4.69) is 31.7 Å². The Labute approximate surface area is 154 Å². The van der Waals surface area contributed by atoms with Crippen LogP contribution < -0.4 is 0 Å². The molecule has 1 aliphatic carbocycles. The zero-order chi connectivity index (χ0) is 18.1. The summed E-state index contributed by atoms with van der Waals surface area (Å²) in [5, 5.41) is 0. The van der Waals surface area contributed by atoms with Gasteiger partial charge in [0.1, 0.15) is 12.2 Å². The Kier molecular flexibility index (Phi) is 4.72. The number of epoxide rings is 1. The van der Waals surface area contributed by atoms with Crippen molar-refractivity contribution in [3.63, 3.8) is 0 Å². The predicted octanol–water partition coefficient (Wildman–Crippen LogP) is 3.96. The van der Waals surface area contributed by atoms with Crippen molar-refractivity contribution >= 4 is 5.97 Å². The van der Waals surface area contributed by atoms with Crippen LogP contribution >= 0.6 is 0 Å². The average Bonchev–Trinajstić information content (AvgIpc) is 3.23. The molecule has 0 unspecified atom stereocenters. The first kappa shape index (κ1) is 17.5. The van der Waals surface area contributed by atoms with Crippen molar-refractivity contribution in [2.75, 3.05) is 6.61 Å². The molecule has 4 heteroatoms. The maximum Gasteiger partial charge on any atom is 0.334 e. The van der Waals surface area contributed by atoms with Crippen LogP contribution in [0, 0.1) is 5.92 Å². The van der Waals surface area contributed by atoms with Gasteiger partial charge in [-0.25, -0.2) is 4.79 Å².